The van der Waals surface area contributed by atoms with Crippen LogP contribution >= 0.6 is 0 Å². The van der Waals surface area contributed by atoms with E-state index in [0.29, 0.717) is 31.1 Å². The maximum absolute atomic E-state index is 12.6. The zero-order chi connectivity index (χ0) is 22.7. The van der Waals surface area contributed by atoms with Gasteiger partial charge in [-0.05, 0) is 50.1 Å². The van der Waals surface area contributed by atoms with Gasteiger partial charge in [-0.1, -0.05) is 36.4 Å². The van der Waals surface area contributed by atoms with Crippen molar-refractivity contribution in [2.24, 2.45) is 0 Å². The van der Waals surface area contributed by atoms with Crippen LogP contribution in [0, 0.1) is 13.8 Å². The number of nitrogens with zero attached hydrogens (tertiary/aromatic N) is 3. The Bertz CT molecular complexity index is 1140. The fraction of sp³-hybridized carbons (Fsp3) is 0.320. The molecule has 1 atom stereocenters. The van der Waals surface area contributed by atoms with Gasteiger partial charge in [-0.15, -0.1) is 0 Å². The van der Waals surface area contributed by atoms with Crippen molar-refractivity contribution in [3.05, 3.63) is 77.1 Å². The quantitative estimate of drug-likeness (QED) is 0.621. The standard InChI is InChI=1S/C25H28N4O3/c1-17-13-18(2)29(27-17)16-21-8-6-7-20(14-21)15-26-24(30)11-12-28-22-9-4-5-10-23(22)32-19(3)25(28)31/h4-10,13-14,19H,11-12,15-16H2,1-3H3,(H,26,30). The molecule has 4 rings (SSSR count). The van der Waals surface area contributed by atoms with E-state index in [2.05, 4.69) is 28.6 Å². The number of ether oxygens (including phenoxy) is 1. The van der Waals surface area contributed by atoms with Crippen LogP contribution in [0.3, 0.4) is 0 Å². The van der Waals surface area contributed by atoms with E-state index in [1.54, 1.807) is 11.8 Å². The van der Waals surface area contributed by atoms with E-state index in [9.17, 15) is 9.59 Å². The second-order valence-corrected chi connectivity index (χ2v) is 8.15. The highest BCUT2D eigenvalue weighted by molar-refractivity contribution is 6.00. The van der Waals surface area contributed by atoms with Gasteiger partial charge in [0.2, 0.25) is 5.91 Å². The molecule has 7 nitrogen and oxygen atoms in total. The molecule has 1 aliphatic heterocycles. The summed E-state index contributed by atoms with van der Waals surface area (Å²) in [7, 11) is 0. The fourth-order valence-corrected chi connectivity index (χ4v) is 3.94. The third-order valence-corrected chi connectivity index (χ3v) is 5.55. The van der Waals surface area contributed by atoms with Crippen molar-refractivity contribution in [2.45, 2.75) is 46.4 Å². The van der Waals surface area contributed by atoms with Gasteiger partial charge in [-0.2, -0.15) is 5.10 Å². The van der Waals surface area contributed by atoms with Crippen molar-refractivity contribution >= 4 is 17.5 Å². The Morgan fingerprint density at radius 3 is 2.66 bits per heavy atom. The van der Waals surface area contributed by atoms with Gasteiger partial charge in [-0.3, -0.25) is 14.3 Å². The number of hydrogen-bond donors (Lipinski definition) is 1. The molecule has 7 heteroatoms. The van der Waals surface area contributed by atoms with Crippen LogP contribution in [0.15, 0.2) is 54.6 Å². The van der Waals surface area contributed by atoms with Crippen LogP contribution in [0.1, 0.15) is 35.9 Å². The van der Waals surface area contributed by atoms with Gasteiger partial charge < -0.3 is 15.0 Å². The molecule has 0 aliphatic carbocycles. The van der Waals surface area contributed by atoms with Crippen molar-refractivity contribution in [3.8, 4) is 5.75 Å². The maximum Gasteiger partial charge on any atom is 0.267 e. The van der Waals surface area contributed by atoms with Crippen LogP contribution in [-0.2, 0) is 22.7 Å². The summed E-state index contributed by atoms with van der Waals surface area (Å²) in [6.45, 7) is 7.20. The lowest BCUT2D eigenvalue weighted by Crippen LogP contribution is -2.45. The van der Waals surface area contributed by atoms with Gasteiger partial charge in [0.05, 0.1) is 17.9 Å². The highest BCUT2D eigenvalue weighted by Gasteiger charge is 2.31. The minimum absolute atomic E-state index is 0.0987. The Balaban J connectivity index is 1.33. The lowest BCUT2D eigenvalue weighted by molar-refractivity contribution is -0.125. The number of anilines is 1. The summed E-state index contributed by atoms with van der Waals surface area (Å²) < 4.78 is 7.63. The van der Waals surface area contributed by atoms with E-state index >= 15 is 0 Å². The molecule has 0 saturated carbocycles. The highest BCUT2D eigenvalue weighted by Crippen LogP contribution is 2.33. The number of nitrogens with one attached hydrogen (secondary N) is 1. The zero-order valence-electron chi connectivity index (χ0n) is 18.7. The van der Waals surface area contributed by atoms with Crippen LogP contribution in [-0.4, -0.2) is 34.2 Å². The van der Waals surface area contributed by atoms with Crippen molar-refractivity contribution < 1.29 is 14.3 Å². The number of para-hydroxylation sites is 2. The Kier molecular flexibility index (Phi) is 6.25. The van der Waals surface area contributed by atoms with Crippen molar-refractivity contribution in [2.75, 3.05) is 11.4 Å². The summed E-state index contributed by atoms with van der Waals surface area (Å²) in [5.74, 6) is 0.436. The predicted octanol–water partition coefficient (Wildman–Crippen LogP) is 3.37. The SMILES string of the molecule is Cc1cc(C)n(Cc2cccc(CNC(=O)CCN3C(=O)C(C)Oc4ccccc43)c2)n1. The first kappa shape index (κ1) is 21.6. The first-order valence-electron chi connectivity index (χ1n) is 10.8. The molecule has 1 aromatic heterocycles. The molecule has 1 unspecified atom stereocenters. The number of rotatable bonds is 7. The van der Waals surface area contributed by atoms with E-state index in [0.717, 1.165) is 22.5 Å². The molecule has 0 bridgehead atoms. The molecule has 1 N–H and O–H groups in total. The molecule has 0 spiro atoms. The number of carbonyl (C=O) groups excluding carboxylic acids is 2. The molecule has 2 aromatic carbocycles. The Morgan fingerprint density at radius 1 is 1.09 bits per heavy atom. The lowest BCUT2D eigenvalue weighted by atomic mass is 10.1. The van der Waals surface area contributed by atoms with Crippen molar-refractivity contribution in [3.63, 3.8) is 0 Å². The molecule has 1 aliphatic rings. The molecule has 3 aromatic rings. The predicted molar refractivity (Wildman–Crippen MR) is 123 cm³/mol. The smallest absolute Gasteiger partial charge is 0.267 e. The largest absolute Gasteiger partial charge is 0.479 e. The topological polar surface area (TPSA) is 76.5 Å². The number of carbonyl (C=O) groups is 2. The van der Waals surface area contributed by atoms with Crippen molar-refractivity contribution in [1.29, 1.82) is 0 Å². The Hall–Kier alpha value is -3.61. The second-order valence-electron chi connectivity index (χ2n) is 8.15. The van der Waals surface area contributed by atoms with E-state index in [4.69, 9.17) is 4.74 Å². The van der Waals surface area contributed by atoms with E-state index in [1.165, 1.54) is 0 Å². The van der Waals surface area contributed by atoms with Gasteiger partial charge in [0.25, 0.3) is 5.91 Å². The average Bonchev–Trinajstić information content (AvgIpc) is 3.09. The number of amides is 2. The molecule has 2 heterocycles. The number of aryl methyl sites for hydroxylation is 2. The number of aromatic nitrogens is 2. The molecular weight excluding hydrogens is 404 g/mol. The molecule has 0 radical (unpaired) electrons. The molecule has 32 heavy (non-hydrogen) atoms. The van der Waals surface area contributed by atoms with E-state index < -0.39 is 6.10 Å². The zero-order valence-corrected chi connectivity index (χ0v) is 18.7. The third-order valence-electron chi connectivity index (χ3n) is 5.55. The first-order valence-corrected chi connectivity index (χ1v) is 10.8. The monoisotopic (exact) mass is 432 g/mol. The van der Waals surface area contributed by atoms with Crippen LogP contribution in [0.25, 0.3) is 0 Å². The summed E-state index contributed by atoms with van der Waals surface area (Å²) in [4.78, 5) is 26.7. The molecule has 2 amide bonds. The number of fused-ring (bicyclic) bond motifs is 1. The Morgan fingerprint density at radius 2 is 1.88 bits per heavy atom. The first-order chi connectivity index (χ1) is 15.4. The summed E-state index contributed by atoms with van der Waals surface area (Å²) in [6.07, 6.45) is -0.337. The lowest BCUT2D eigenvalue weighted by Gasteiger charge is -2.32. The third kappa shape index (κ3) is 4.82. The van der Waals surface area contributed by atoms with Crippen LogP contribution in [0.4, 0.5) is 5.69 Å². The van der Waals surface area contributed by atoms with Crippen LogP contribution < -0.4 is 15.0 Å². The van der Waals surface area contributed by atoms with Gasteiger partial charge in [0.15, 0.2) is 6.10 Å². The highest BCUT2D eigenvalue weighted by atomic mass is 16.5. The summed E-state index contributed by atoms with van der Waals surface area (Å²) in [5.41, 5.74) is 4.99. The van der Waals surface area contributed by atoms with Crippen LogP contribution in [0.2, 0.25) is 0 Å². The number of benzene rings is 2. The van der Waals surface area contributed by atoms with Gasteiger partial charge in [-0.25, -0.2) is 0 Å². The molecular formula is C25H28N4O3. The summed E-state index contributed by atoms with van der Waals surface area (Å²) >= 11 is 0. The fourth-order valence-electron chi connectivity index (χ4n) is 3.94. The van der Waals surface area contributed by atoms with Gasteiger partial charge in [0.1, 0.15) is 5.75 Å². The maximum atomic E-state index is 12.6. The minimum atomic E-state index is -0.557. The van der Waals surface area contributed by atoms with Gasteiger partial charge >= 0.3 is 0 Å². The summed E-state index contributed by atoms with van der Waals surface area (Å²) in [5, 5.41) is 7.48. The average molecular weight is 433 g/mol. The second kappa shape index (κ2) is 9.26. The van der Waals surface area contributed by atoms with E-state index in [-0.39, 0.29) is 18.2 Å². The van der Waals surface area contributed by atoms with Crippen LogP contribution in [0.5, 0.6) is 5.75 Å². The summed E-state index contributed by atoms with van der Waals surface area (Å²) in [6, 6.07) is 17.6. The number of hydrogen-bond acceptors (Lipinski definition) is 4. The molecule has 166 valence electrons. The molecule has 0 saturated heterocycles. The van der Waals surface area contributed by atoms with Crippen molar-refractivity contribution in [1.82, 2.24) is 15.1 Å². The van der Waals surface area contributed by atoms with E-state index in [1.807, 2.05) is 54.9 Å². The molecule has 0 fully saturated rings. The van der Waals surface area contributed by atoms with Gasteiger partial charge in [0, 0.05) is 25.2 Å². The Labute approximate surface area is 188 Å². The normalized spacial score (nSPS) is 15.3. The minimum Gasteiger partial charge on any atom is -0.479 e.